The van der Waals surface area contributed by atoms with Crippen molar-refractivity contribution in [1.29, 1.82) is 0 Å². The molecule has 1 N–H and O–H groups in total. The maximum absolute atomic E-state index is 13.3. The molecule has 6 rings (SSSR count). The smallest absolute Gasteiger partial charge is 0.320 e. The molecule has 204 valence electrons. The molecule has 6 nitrogen and oxygen atoms in total. The van der Waals surface area contributed by atoms with Crippen LogP contribution in [0.5, 0.6) is 0 Å². The zero-order valence-corrected chi connectivity index (χ0v) is 22.7. The van der Waals surface area contributed by atoms with Crippen LogP contribution in [0.15, 0.2) is 48.8 Å². The number of aliphatic carboxylic acids is 1. The number of benzene rings is 1. The molecule has 0 bridgehead atoms. The van der Waals surface area contributed by atoms with Crippen molar-refractivity contribution in [3.63, 3.8) is 0 Å². The molecule has 1 aromatic carbocycles. The van der Waals surface area contributed by atoms with Crippen LogP contribution >= 0.6 is 0 Å². The number of carboxylic acids is 1. The van der Waals surface area contributed by atoms with E-state index in [1.165, 1.54) is 62.5 Å². The van der Waals surface area contributed by atoms with Gasteiger partial charge in [-0.15, -0.1) is 0 Å². The van der Waals surface area contributed by atoms with Crippen LogP contribution in [0.3, 0.4) is 0 Å². The second kappa shape index (κ2) is 12.0. The zero-order chi connectivity index (χ0) is 26.6. The Morgan fingerprint density at radius 1 is 1.08 bits per heavy atom. The number of rotatable bonds is 6. The topological polar surface area (TPSA) is 61.1 Å². The number of likely N-dealkylation sites (tertiary alicyclic amines) is 2. The van der Waals surface area contributed by atoms with Gasteiger partial charge in [0.05, 0.1) is 0 Å². The van der Waals surface area contributed by atoms with Crippen molar-refractivity contribution in [2.75, 3.05) is 33.2 Å². The van der Waals surface area contributed by atoms with E-state index in [9.17, 15) is 14.3 Å². The van der Waals surface area contributed by atoms with Crippen LogP contribution < -0.4 is 0 Å². The Kier molecular flexibility index (Phi) is 8.44. The van der Waals surface area contributed by atoms with Crippen molar-refractivity contribution in [3.05, 3.63) is 71.4 Å². The van der Waals surface area contributed by atoms with Crippen LogP contribution in [0.2, 0.25) is 0 Å². The van der Waals surface area contributed by atoms with Crippen LogP contribution in [0, 0.1) is 18.7 Å². The number of imidazole rings is 1. The molecule has 4 heterocycles. The zero-order valence-electron chi connectivity index (χ0n) is 22.7. The Hall–Kier alpha value is -2.77. The summed E-state index contributed by atoms with van der Waals surface area (Å²) in [5, 5.41) is 9.50. The van der Waals surface area contributed by atoms with E-state index < -0.39 is 5.97 Å². The van der Waals surface area contributed by atoms with Crippen molar-refractivity contribution in [2.24, 2.45) is 5.92 Å². The quantitative estimate of drug-likeness (QED) is 0.451. The van der Waals surface area contributed by atoms with Crippen molar-refractivity contribution in [1.82, 2.24) is 19.2 Å². The third-order valence-electron chi connectivity index (χ3n) is 8.94. The van der Waals surface area contributed by atoms with Gasteiger partial charge in [0.25, 0.3) is 0 Å². The number of hydrogen-bond donors (Lipinski definition) is 1. The van der Waals surface area contributed by atoms with Gasteiger partial charge in [0.2, 0.25) is 0 Å². The van der Waals surface area contributed by atoms with Crippen LogP contribution in [-0.2, 0) is 4.79 Å². The highest BCUT2D eigenvalue weighted by molar-refractivity contribution is 5.73. The van der Waals surface area contributed by atoms with E-state index in [1.54, 1.807) is 12.1 Å². The van der Waals surface area contributed by atoms with E-state index in [2.05, 4.69) is 57.7 Å². The van der Waals surface area contributed by atoms with Crippen molar-refractivity contribution >= 4 is 11.6 Å². The van der Waals surface area contributed by atoms with Crippen LogP contribution in [0.25, 0.3) is 5.65 Å². The van der Waals surface area contributed by atoms with Gasteiger partial charge in [0, 0.05) is 30.6 Å². The summed E-state index contributed by atoms with van der Waals surface area (Å²) >= 11 is 0. The number of piperidine rings is 1. The molecule has 2 aromatic heterocycles. The molecule has 0 radical (unpaired) electrons. The summed E-state index contributed by atoms with van der Waals surface area (Å²) in [5.41, 5.74) is 4.75. The summed E-state index contributed by atoms with van der Waals surface area (Å²) in [6.07, 6.45) is 12.0. The maximum atomic E-state index is 13.3. The molecule has 1 aliphatic carbocycles. The maximum Gasteiger partial charge on any atom is 0.320 e. The summed E-state index contributed by atoms with van der Waals surface area (Å²) in [6.45, 7) is 6.05. The third-order valence-corrected chi connectivity index (χ3v) is 8.94. The van der Waals surface area contributed by atoms with Crippen LogP contribution in [0.4, 0.5) is 4.39 Å². The number of carbonyl (C=O) groups is 1. The summed E-state index contributed by atoms with van der Waals surface area (Å²) in [5.74, 6) is 0.586. The lowest BCUT2D eigenvalue weighted by atomic mass is 9.80. The number of carboxylic acid groups (broad SMARTS) is 1. The minimum atomic E-state index is -0.707. The molecule has 1 saturated carbocycles. The molecule has 2 atom stereocenters. The number of hydrogen-bond acceptors (Lipinski definition) is 4. The predicted octanol–water partition coefficient (Wildman–Crippen LogP) is 5.71. The lowest BCUT2D eigenvalue weighted by Crippen LogP contribution is -2.41. The first kappa shape index (κ1) is 26.8. The Morgan fingerprint density at radius 3 is 2.53 bits per heavy atom. The molecular formula is C31H41FN4O2. The molecule has 3 aromatic rings. The Balaban J connectivity index is 0.000000158. The molecule has 3 aliphatic rings. The largest absolute Gasteiger partial charge is 0.480 e. The van der Waals surface area contributed by atoms with E-state index in [-0.39, 0.29) is 17.8 Å². The van der Waals surface area contributed by atoms with Gasteiger partial charge in [0.15, 0.2) is 0 Å². The lowest BCUT2D eigenvalue weighted by Gasteiger charge is -2.32. The number of aryl methyl sites for hydroxylation is 1. The first-order valence-corrected chi connectivity index (χ1v) is 14.2. The minimum Gasteiger partial charge on any atom is -0.480 e. The van der Waals surface area contributed by atoms with E-state index in [1.807, 2.05) is 6.07 Å². The minimum absolute atomic E-state index is 0.213. The molecule has 2 unspecified atom stereocenters. The van der Waals surface area contributed by atoms with Gasteiger partial charge in [-0.1, -0.05) is 37.5 Å². The van der Waals surface area contributed by atoms with Gasteiger partial charge in [-0.05, 0) is 100 Å². The predicted molar refractivity (Wildman–Crippen MR) is 148 cm³/mol. The van der Waals surface area contributed by atoms with E-state index in [0.29, 0.717) is 11.8 Å². The fourth-order valence-corrected chi connectivity index (χ4v) is 6.33. The van der Waals surface area contributed by atoms with Gasteiger partial charge in [0.1, 0.15) is 17.5 Å². The summed E-state index contributed by atoms with van der Waals surface area (Å²) in [6, 6.07) is 10.6. The van der Waals surface area contributed by atoms with Gasteiger partial charge >= 0.3 is 5.97 Å². The van der Waals surface area contributed by atoms with Crippen molar-refractivity contribution < 1.29 is 14.3 Å². The van der Waals surface area contributed by atoms with Gasteiger partial charge in [-0.2, -0.15) is 0 Å². The normalized spacial score (nSPS) is 22.1. The molecule has 2 aliphatic heterocycles. The van der Waals surface area contributed by atoms with Crippen LogP contribution in [-0.4, -0.2) is 69.5 Å². The number of aromatic nitrogens is 2. The van der Waals surface area contributed by atoms with Gasteiger partial charge in [-0.25, -0.2) is 9.37 Å². The molecule has 0 spiro atoms. The first-order chi connectivity index (χ1) is 18.4. The molecule has 0 amide bonds. The third kappa shape index (κ3) is 6.10. The number of halogens is 1. The highest BCUT2D eigenvalue weighted by Crippen LogP contribution is 2.35. The molecule has 38 heavy (non-hydrogen) atoms. The highest BCUT2D eigenvalue weighted by atomic mass is 19.1. The second-order valence-corrected chi connectivity index (χ2v) is 11.6. The van der Waals surface area contributed by atoms with Gasteiger partial charge in [-0.3, -0.25) is 9.69 Å². The Labute approximate surface area is 225 Å². The SMILES string of the molecule is Cc1cccn2c(C3CCN(C)CC3)cnc12.O=C(O)C(CC1CCC1)N1CCC(c2cccc(F)c2)C1. The molecular weight excluding hydrogens is 479 g/mol. The van der Waals surface area contributed by atoms with Crippen LogP contribution in [0.1, 0.15) is 73.6 Å². The first-order valence-electron chi connectivity index (χ1n) is 14.2. The molecule has 2 saturated heterocycles. The fourth-order valence-electron chi connectivity index (χ4n) is 6.33. The highest BCUT2D eigenvalue weighted by Gasteiger charge is 2.35. The Morgan fingerprint density at radius 2 is 1.84 bits per heavy atom. The van der Waals surface area contributed by atoms with Gasteiger partial charge < -0.3 is 14.4 Å². The average Bonchev–Trinajstić information content (AvgIpc) is 3.53. The monoisotopic (exact) mass is 520 g/mol. The lowest BCUT2D eigenvalue weighted by molar-refractivity contribution is -0.143. The second-order valence-electron chi connectivity index (χ2n) is 11.6. The fraction of sp³-hybridized carbons (Fsp3) is 0.548. The van der Waals surface area contributed by atoms with Crippen molar-refractivity contribution in [2.45, 2.75) is 69.7 Å². The summed E-state index contributed by atoms with van der Waals surface area (Å²) in [4.78, 5) is 20.6. The average molecular weight is 521 g/mol. The molecule has 3 fully saturated rings. The number of fused-ring (bicyclic) bond motifs is 1. The number of pyridine rings is 1. The van der Waals surface area contributed by atoms with E-state index in [0.717, 1.165) is 37.1 Å². The Bertz CT molecular complexity index is 1230. The summed E-state index contributed by atoms with van der Waals surface area (Å²) < 4.78 is 15.6. The molecule has 7 heteroatoms. The number of nitrogens with zero attached hydrogens (tertiary/aromatic N) is 4. The van der Waals surface area contributed by atoms with Crippen molar-refractivity contribution in [3.8, 4) is 0 Å². The standard InChI is InChI=1S/C17H22FNO2.C14H19N3/c18-15-6-2-5-13(10-15)14-7-8-19(11-14)16(17(20)21)9-12-3-1-4-12;1-11-4-3-7-17-13(10-15-14(11)17)12-5-8-16(2)9-6-12/h2,5-6,10,12,14,16H,1,3-4,7-9,11H2,(H,20,21);3-4,7,10,12H,5-6,8-9H2,1-2H3. The van der Waals surface area contributed by atoms with E-state index in [4.69, 9.17) is 0 Å². The van der Waals surface area contributed by atoms with E-state index >= 15 is 0 Å². The summed E-state index contributed by atoms with van der Waals surface area (Å²) in [7, 11) is 2.20.